The lowest BCUT2D eigenvalue weighted by Crippen LogP contribution is -2.31. The molecule has 0 radical (unpaired) electrons. The van der Waals surface area contributed by atoms with E-state index in [1.54, 1.807) is 11.3 Å². The van der Waals surface area contributed by atoms with E-state index in [1.807, 2.05) is 6.07 Å². The molecule has 2 heterocycles. The smallest absolute Gasteiger partial charge is 0.150 e. The van der Waals surface area contributed by atoms with Gasteiger partial charge < -0.3 is 5.32 Å². The standard InChI is InChI=1S/C14H22ClNO2S2/c1-2-6-16-9-12(8-13-3-4-14(15)19-13)11-5-7-20(17,18)10-11/h3-4,11-12,16H,2,5-10H2,1H3. The van der Waals surface area contributed by atoms with Gasteiger partial charge in [-0.15, -0.1) is 11.3 Å². The maximum absolute atomic E-state index is 11.7. The highest BCUT2D eigenvalue weighted by atomic mass is 35.5. The lowest BCUT2D eigenvalue weighted by Gasteiger charge is -2.22. The molecular weight excluding hydrogens is 314 g/mol. The molecule has 1 aliphatic rings. The van der Waals surface area contributed by atoms with Crippen LogP contribution < -0.4 is 5.32 Å². The van der Waals surface area contributed by atoms with Crippen LogP contribution in [0.1, 0.15) is 24.6 Å². The number of hydrogen-bond acceptors (Lipinski definition) is 4. The van der Waals surface area contributed by atoms with E-state index >= 15 is 0 Å². The van der Waals surface area contributed by atoms with E-state index in [-0.39, 0.29) is 5.92 Å². The Morgan fingerprint density at radius 3 is 2.85 bits per heavy atom. The van der Waals surface area contributed by atoms with Crippen LogP contribution in [-0.2, 0) is 16.3 Å². The SMILES string of the molecule is CCCNCC(Cc1ccc(Cl)s1)C1CCS(=O)(=O)C1. The molecule has 2 unspecified atom stereocenters. The second-order valence-corrected chi connectivity index (χ2v) is 9.57. The molecule has 0 amide bonds. The van der Waals surface area contributed by atoms with E-state index < -0.39 is 9.84 Å². The summed E-state index contributed by atoms with van der Waals surface area (Å²) in [6.45, 7) is 4.02. The fourth-order valence-corrected chi connectivity index (χ4v) is 5.89. The first-order chi connectivity index (χ1) is 9.50. The molecule has 0 spiro atoms. The first-order valence-electron chi connectivity index (χ1n) is 7.15. The van der Waals surface area contributed by atoms with Crippen molar-refractivity contribution in [1.29, 1.82) is 0 Å². The normalized spacial score (nSPS) is 23.0. The molecular formula is C14H22ClNO2S2. The van der Waals surface area contributed by atoms with Crippen molar-refractivity contribution in [2.24, 2.45) is 11.8 Å². The van der Waals surface area contributed by atoms with Gasteiger partial charge in [-0.3, -0.25) is 0 Å². The zero-order chi connectivity index (χ0) is 14.6. The molecule has 114 valence electrons. The molecule has 2 atom stereocenters. The van der Waals surface area contributed by atoms with Gasteiger partial charge in [-0.1, -0.05) is 18.5 Å². The van der Waals surface area contributed by atoms with Crippen LogP contribution in [0.3, 0.4) is 0 Å². The summed E-state index contributed by atoms with van der Waals surface area (Å²) in [4.78, 5) is 1.25. The van der Waals surface area contributed by atoms with Crippen LogP contribution in [0.15, 0.2) is 12.1 Å². The minimum absolute atomic E-state index is 0.283. The molecule has 1 saturated heterocycles. The third-order valence-corrected chi connectivity index (χ3v) is 6.91. The van der Waals surface area contributed by atoms with Gasteiger partial charge in [0.2, 0.25) is 0 Å². The molecule has 1 fully saturated rings. The second kappa shape index (κ2) is 7.25. The topological polar surface area (TPSA) is 46.2 Å². The summed E-state index contributed by atoms with van der Waals surface area (Å²) < 4.78 is 24.2. The Kier molecular flexibility index (Phi) is 5.90. The predicted octanol–water partition coefficient (Wildman–Crippen LogP) is 2.99. The van der Waals surface area contributed by atoms with Gasteiger partial charge in [-0.05, 0) is 56.3 Å². The Balaban J connectivity index is 2.00. The molecule has 0 bridgehead atoms. The highest BCUT2D eigenvalue weighted by molar-refractivity contribution is 7.91. The second-order valence-electron chi connectivity index (χ2n) is 5.54. The van der Waals surface area contributed by atoms with Crippen LogP contribution in [0.25, 0.3) is 0 Å². The van der Waals surface area contributed by atoms with Crippen molar-refractivity contribution < 1.29 is 8.42 Å². The van der Waals surface area contributed by atoms with Gasteiger partial charge in [0.15, 0.2) is 9.84 Å². The summed E-state index contributed by atoms with van der Waals surface area (Å²) in [6.07, 6.45) is 2.83. The molecule has 3 nitrogen and oxygen atoms in total. The lowest BCUT2D eigenvalue weighted by atomic mass is 9.88. The molecule has 1 aromatic rings. The van der Waals surface area contributed by atoms with Crippen molar-refractivity contribution in [3.05, 3.63) is 21.3 Å². The molecule has 0 aliphatic carbocycles. The van der Waals surface area contributed by atoms with E-state index in [0.29, 0.717) is 17.4 Å². The Bertz CT molecular complexity index is 527. The fourth-order valence-electron chi connectivity index (χ4n) is 2.79. The molecule has 0 saturated carbocycles. The van der Waals surface area contributed by atoms with E-state index in [4.69, 9.17) is 11.6 Å². The molecule has 0 aromatic carbocycles. The quantitative estimate of drug-likeness (QED) is 0.779. The minimum Gasteiger partial charge on any atom is -0.316 e. The van der Waals surface area contributed by atoms with Gasteiger partial charge in [-0.25, -0.2) is 8.42 Å². The molecule has 20 heavy (non-hydrogen) atoms. The first kappa shape index (κ1) is 16.3. The van der Waals surface area contributed by atoms with Gasteiger partial charge in [-0.2, -0.15) is 0 Å². The summed E-state index contributed by atoms with van der Waals surface area (Å²) in [6, 6.07) is 3.98. The Morgan fingerprint density at radius 2 is 2.30 bits per heavy atom. The average molecular weight is 336 g/mol. The summed E-state index contributed by atoms with van der Waals surface area (Å²) in [7, 11) is -2.81. The molecule has 2 rings (SSSR count). The zero-order valence-corrected chi connectivity index (χ0v) is 14.2. The molecule has 1 aromatic heterocycles. The van der Waals surface area contributed by atoms with Crippen LogP contribution in [0, 0.1) is 11.8 Å². The highest BCUT2D eigenvalue weighted by Crippen LogP contribution is 2.31. The molecule has 1 N–H and O–H groups in total. The predicted molar refractivity (Wildman–Crippen MR) is 86.4 cm³/mol. The largest absolute Gasteiger partial charge is 0.316 e. The van der Waals surface area contributed by atoms with E-state index in [1.165, 1.54) is 4.88 Å². The summed E-state index contributed by atoms with van der Waals surface area (Å²) in [5.74, 6) is 1.37. The Labute approximate surface area is 130 Å². The highest BCUT2D eigenvalue weighted by Gasteiger charge is 2.33. The minimum atomic E-state index is -2.81. The van der Waals surface area contributed by atoms with Crippen LogP contribution in [0.4, 0.5) is 0 Å². The number of thiophene rings is 1. The third-order valence-electron chi connectivity index (χ3n) is 3.86. The Morgan fingerprint density at radius 1 is 1.50 bits per heavy atom. The monoisotopic (exact) mass is 335 g/mol. The number of halogens is 1. The van der Waals surface area contributed by atoms with Crippen molar-refractivity contribution in [1.82, 2.24) is 5.32 Å². The van der Waals surface area contributed by atoms with E-state index in [0.717, 1.165) is 36.7 Å². The number of nitrogens with one attached hydrogen (secondary N) is 1. The summed E-state index contributed by atoms with van der Waals surface area (Å²) in [5, 5.41) is 3.44. The molecule has 6 heteroatoms. The van der Waals surface area contributed by atoms with Crippen LogP contribution in [-0.4, -0.2) is 33.0 Å². The van der Waals surface area contributed by atoms with Crippen LogP contribution >= 0.6 is 22.9 Å². The maximum atomic E-state index is 11.7. The fraction of sp³-hybridized carbons (Fsp3) is 0.714. The van der Waals surface area contributed by atoms with Gasteiger partial charge in [0.25, 0.3) is 0 Å². The third kappa shape index (κ3) is 4.72. The molecule has 1 aliphatic heterocycles. The summed E-state index contributed by atoms with van der Waals surface area (Å²) >= 11 is 7.58. The van der Waals surface area contributed by atoms with Gasteiger partial charge in [0.05, 0.1) is 15.8 Å². The number of rotatable bonds is 7. The number of sulfone groups is 1. The van der Waals surface area contributed by atoms with Crippen LogP contribution in [0.2, 0.25) is 4.34 Å². The number of hydrogen-bond donors (Lipinski definition) is 1. The van der Waals surface area contributed by atoms with Gasteiger partial charge in [0.1, 0.15) is 0 Å². The van der Waals surface area contributed by atoms with E-state index in [2.05, 4.69) is 18.3 Å². The Hall–Kier alpha value is -0.100. The van der Waals surface area contributed by atoms with Gasteiger partial charge in [0, 0.05) is 4.88 Å². The van der Waals surface area contributed by atoms with Crippen LogP contribution in [0.5, 0.6) is 0 Å². The van der Waals surface area contributed by atoms with Crippen molar-refractivity contribution >= 4 is 32.8 Å². The summed E-state index contributed by atoms with van der Waals surface area (Å²) in [5.41, 5.74) is 0. The lowest BCUT2D eigenvalue weighted by molar-refractivity contribution is 0.345. The van der Waals surface area contributed by atoms with Gasteiger partial charge >= 0.3 is 0 Å². The van der Waals surface area contributed by atoms with Crippen molar-refractivity contribution in [3.8, 4) is 0 Å². The average Bonchev–Trinajstić information content (AvgIpc) is 2.94. The zero-order valence-electron chi connectivity index (χ0n) is 11.8. The van der Waals surface area contributed by atoms with Crippen molar-refractivity contribution in [3.63, 3.8) is 0 Å². The maximum Gasteiger partial charge on any atom is 0.150 e. The van der Waals surface area contributed by atoms with Crippen molar-refractivity contribution in [2.75, 3.05) is 24.6 Å². The first-order valence-corrected chi connectivity index (χ1v) is 10.2. The van der Waals surface area contributed by atoms with E-state index in [9.17, 15) is 8.42 Å². The van der Waals surface area contributed by atoms with Crippen molar-refractivity contribution in [2.45, 2.75) is 26.2 Å².